The zero-order chi connectivity index (χ0) is 13.5. The van der Waals surface area contributed by atoms with Gasteiger partial charge in [-0.3, -0.25) is 4.79 Å². The third-order valence-electron chi connectivity index (χ3n) is 3.11. The monoisotopic (exact) mass is 249 g/mol. The fraction of sp³-hybridized carbons (Fsp3) is 0.533. The van der Waals surface area contributed by atoms with Gasteiger partial charge in [0, 0.05) is 13.5 Å². The van der Waals surface area contributed by atoms with Crippen LogP contribution in [0.3, 0.4) is 0 Å². The van der Waals surface area contributed by atoms with Crippen LogP contribution < -0.4 is 10.1 Å². The van der Waals surface area contributed by atoms with Crippen molar-refractivity contribution in [1.82, 2.24) is 5.32 Å². The Bertz CT molecular complexity index is 371. The lowest BCUT2D eigenvalue weighted by Gasteiger charge is -2.20. The van der Waals surface area contributed by atoms with Crippen molar-refractivity contribution in [1.29, 1.82) is 0 Å². The standard InChI is InChI=1S/C15H23NO2/c1-5-18-13-8-6-12(7-9-13)14(11(2)3)10-15(17)16-4/h6-9,11,14H,5,10H2,1-4H3,(H,16,17). The summed E-state index contributed by atoms with van der Waals surface area (Å²) >= 11 is 0. The largest absolute Gasteiger partial charge is 0.494 e. The molecule has 1 amide bonds. The zero-order valence-electron chi connectivity index (χ0n) is 11.7. The van der Waals surface area contributed by atoms with Crippen molar-refractivity contribution in [3.63, 3.8) is 0 Å². The van der Waals surface area contributed by atoms with Crippen LogP contribution in [0.5, 0.6) is 5.75 Å². The maximum atomic E-state index is 11.5. The molecule has 0 spiro atoms. The van der Waals surface area contributed by atoms with E-state index in [1.54, 1.807) is 7.05 Å². The molecule has 100 valence electrons. The highest BCUT2D eigenvalue weighted by atomic mass is 16.5. The summed E-state index contributed by atoms with van der Waals surface area (Å²) in [6, 6.07) is 8.05. The van der Waals surface area contributed by atoms with Gasteiger partial charge in [0.15, 0.2) is 0 Å². The lowest BCUT2D eigenvalue weighted by molar-refractivity contribution is -0.121. The molecule has 0 aliphatic carbocycles. The summed E-state index contributed by atoms with van der Waals surface area (Å²) in [4.78, 5) is 11.5. The van der Waals surface area contributed by atoms with Gasteiger partial charge >= 0.3 is 0 Å². The van der Waals surface area contributed by atoms with E-state index in [4.69, 9.17) is 4.74 Å². The number of carbonyl (C=O) groups excluding carboxylic acids is 1. The summed E-state index contributed by atoms with van der Waals surface area (Å²) < 4.78 is 5.42. The van der Waals surface area contributed by atoms with E-state index in [9.17, 15) is 4.79 Å². The Morgan fingerprint density at radius 1 is 1.28 bits per heavy atom. The van der Waals surface area contributed by atoms with Gasteiger partial charge in [0.1, 0.15) is 5.75 Å². The van der Waals surface area contributed by atoms with E-state index in [0.29, 0.717) is 18.9 Å². The van der Waals surface area contributed by atoms with E-state index in [0.717, 1.165) is 5.75 Å². The molecule has 1 rings (SSSR count). The molecular formula is C15H23NO2. The summed E-state index contributed by atoms with van der Waals surface area (Å²) in [7, 11) is 1.68. The minimum absolute atomic E-state index is 0.0857. The van der Waals surface area contributed by atoms with Gasteiger partial charge in [-0.1, -0.05) is 26.0 Å². The molecule has 1 aromatic rings. The van der Waals surface area contributed by atoms with Crippen LogP contribution in [-0.2, 0) is 4.79 Å². The maximum Gasteiger partial charge on any atom is 0.220 e. The highest BCUT2D eigenvalue weighted by Crippen LogP contribution is 2.29. The molecule has 0 radical (unpaired) electrons. The van der Waals surface area contributed by atoms with Crippen LogP contribution in [0.15, 0.2) is 24.3 Å². The first-order valence-corrected chi connectivity index (χ1v) is 6.51. The lowest BCUT2D eigenvalue weighted by atomic mass is 9.85. The molecule has 0 saturated carbocycles. The summed E-state index contributed by atoms with van der Waals surface area (Å²) in [6.45, 7) is 6.93. The van der Waals surface area contributed by atoms with Gasteiger partial charge in [0.25, 0.3) is 0 Å². The highest BCUT2D eigenvalue weighted by Gasteiger charge is 2.18. The topological polar surface area (TPSA) is 38.3 Å². The molecule has 0 bridgehead atoms. The number of nitrogens with one attached hydrogen (secondary N) is 1. The minimum atomic E-state index is 0.0857. The number of hydrogen-bond donors (Lipinski definition) is 1. The third kappa shape index (κ3) is 4.06. The Morgan fingerprint density at radius 2 is 1.89 bits per heavy atom. The van der Waals surface area contributed by atoms with Crippen LogP contribution in [0.25, 0.3) is 0 Å². The molecule has 0 saturated heterocycles. The fourth-order valence-corrected chi connectivity index (χ4v) is 2.02. The Balaban J connectivity index is 2.82. The quantitative estimate of drug-likeness (QED) is 0.841. The molecule has 0 heterocycles. The zero-order valence-corrected chi connectivity index (χ0v) is 11.7. The molecule has 1 N–H and O–H groups in total. The molecule has 0 aromatic heterocycles. The first-order valence-electron chi connectivity index (χ1n) is 6.51. The minimum Gasteiger partial charge on any atom is -0.494 e. The van der Waals surface area contributed by atoms with E-state index < -0.39 is 0 Å². The molecule has 1 atom stereocenters. The molecule has 18 heavy (non-hydrogen) atoms. The van der Waals surface area contributed by atoms with Crippen LogP contribution in [0.4, 0.5) is 0 Å². The van der Waals surface area contributed by atoms with E-state index in [1.807, 2.05) is 19.1 Å². The SMILES string of the molecule is CCOc1ccc(C(CC(=O)NC)C(C)C)cc1. The molecule has 1 aromatic carbocycles. The van der Waals surface area contributed by atoms with Crippen molar-refractivity contribution >= 4 is 5.91 Å². The van der Waals surface area contributed by atoms with E-state index >= 15 is 0 Å². The van der Waals surface area contributed by atoms with Gasteiger partial charge in [0.05, 0.1) is 6.61 Å². The van der Waals surface area contributed by atoms with E-state index in [-0.39, 0.29) is 11.8 Å². The van der Waals surface area contributed by atoms with E-state index in [1.165, 1.54) is 5.56 Å². The number of ether oxygens (including phenoxy) is 1. The van der Waals surface area contributed by atoms with Gasteiger partial charge in [-0.05, 0) is 36.5 Å². The van der Waals surface area contributed by atoms with Crippen LogP contribution >= 0.6 is 0 Å². The Hall–Kier alpha value is -1.51. The smallest absolute Gasteiger partial charge is 0.220 e. The third-order valence-corrected chi connectivity index (χ3v) is 3.11. The van der Waals surface area contributed by atoms with Crippen molar-refractivity contribution in [3.8, 4) is 5.75 Å². The average Bonchev–Trinajstić information content (AvgIpc) is 2.37. The van der Waals surface area contributed by atoms with Crippen molar-refractivity contribution in [3.05, 3.63) is 29.8 Å². The second-order valence-corrected chi connectivity index (χ2v) is 4.73. The van der Waals surface area contributed by atoms with Crippen LogP contribution in [0.2, 0.25) is 0 Å². The van der Waals surface area contributed by atoms with Crippen molar-refractivity contribution in [2.45, 2.75) is 33.1 Å². The number of amides is 1. The van der Waals surface area contributed by atoms with E-state index in [2.05, 4.69) is 31.3 Å². The fourth-order valence-electron chi connectivity index (χ4n) is 2.02. The van der Waals surface area contributed by atoms with Gasteiger partial charge in [0.2, 0.25) is 5.91 Å². The van der Waals surface area contributed by atoms with Crippen molar-refractivity contribution in [2.75, 3.05) is 13.7 Å². The summed E-state index contributed by atoms with van der Waals surface area (Å²) in [5.41, 5.74) is 1.19. The Morgan fingerprint density at radius 3 is 2.33 bits per heavy atom. The Labute approximate surface area is 110 Å². The molecule has 0 aliphatic heterocycles. The van der Waals surface area contributed by atoms with Crippen molar-refractivity contribution in [2.24, 2.45) is 5.92 Å². The second kappa shape index (κ2) is 7.04. The number of rotatable bonds is 6. The molecule has 0 aliphatic rings. The second-order valence-electron chi connectivity index (χ2n) is 4.73. The van der Waals surface area contributed by atoms with Crippen molar-refractivity contribution < 1.29 is 9.53 Å². The molecular weight excluding hydrogens is 226 g/mol. The van der Waals surface area contributed by atoms with Crippen LogP contribution in [0.1, 0.15) is 38.7 Å². The van der Waals surface area contributed by atoms with Crippen LogP contribution in [0, 0.1) is 5.92 Å². The normalized spacial score (nSPS) is 12.3. The highest BCUT2D eigenvalue weighted by molar-refractivity contribution is 5.76. The predicted molar refractivity (Wildman–Crippen MR) is 73.9 cm³/mol. The predicted octanol–water partition coefficient (Wildman–Crippen LogP) is 2.96. The summed E-state index contributed by atoms with van der Waals surface area (Å²) in [5, 5.41) is 2.69. The lowest BCUT2D eigenvalue weighted by Crippen LogP contribution is -2.22. The van der Waals surface area contributed by atoms with Crippen LogP contribution in [-0.4, -0.2) is 19.6 Å². The maximum absolute atomic E-state index is 11.5. The van der Waals surface area contributed by atoms with Gasteiger partial charge in [-0.25, -0.2) is 0 Å². The van der Waals surface area contributed by atoms with Gasteiger partial charge in [-0.2, -0.15) is 0 Å². The number of hydrogen-bond acceptors (Lipinski definition) is 2. The number of carbonyl (C=O) groups is 1. The molecule has 3 nitrogen and oxygen atoms in total. The molecule has 0 fully saturated rings. The molecule has 3 heteroatoms. The van der Waals surface area contributed by atoms with Gasteiger partial charge < -0.3 is 10.1 Å². The first-order chi connectivity index (χ1) is 8.58. The summed E-state index contributed by atoms with van der Waals surface area (Å²) in [6.07, 6.45) is 0.530. The Kier molecular flexibility index (Phi) is 5.69. The number of benzene rings is 1. The average molecular weight is 249 g/mol. The van der Waals surface area contributed by atoms with Gasteiger partial charge in [-0.15, -0.1) is 0 Å². The molecule has 1 unspecified atom stereocenters. The first kappa shape index (κ1) is 14.6. The summed E-state index contributed by atoms with van der Waals surface area (Å²) in [5.74, 6) is 1.65.